The first-order valence-corrected chi connectivity index (χ1v) is 14.9. The number of carbonyl (C=O) groups is 2. The number of hydrogen-bond donors (Lipinski definition) is 2. The van der Waals surface area contributed by atoms with Crippen molar-refractivity contribution in [2.24, 2.45) is 32.7 Å². The van der Waals surface area contributed by atoms with Crippen LogP contribution in [0.2, 0.25) is 0 Å². The van der Waals surface area contributed by atoms with Crippen molar-refractivity contribution < 1.29 is 24.2 Å². The molecule has 2 N–H and O–H groups in total. The van der Waals surface area contributed by atoms with Crippen LogP contribution in [0, 0.1) is 17.8 Å². The van der Waals surface area contributed by atoms with Crippen LogP contribution in [-0.4, -0.2) is 48.4 Å². The average molecular weight is 605 g/mol. The summed E-state index contributed by atoms with van der Waals surface area (Å²) < 4.78 is 10.2. The van der Waals surface area contributed by atoms with Gasteiger partial charge in [-0.1, -0.05) is 32.2 Å². The second kappa shape index (κ2) is 11.1. The highest BCUT2D eigenvalue weighted by atomic mass is 16.5. The molecular formula is C36H36N4O5. The van der Waals surface area contributed by atoms with E-state index < -0.39 is 11.9 Å². The summed E-state index contributed by atoms with van der Waals surface area (Å²) in [4.78, 5) is 40.6. The number of carbonyl (C=O) groups excluding carboxylic acids is 2. The molecule has 6 rings (SSSR count). The van der Waals surface area contributed by atoms with Crippen LogP contribution in [0.25, 0.3) is 0 Å². The molecule has 1 aliphatic carbocycles. The number of nitrogens with zero attached hydrogens (tertiary/aromatic N) is 3. The van der Waals surface area contributed by atoms with Crippen LogP contribution in [0.3, 0.4) is 0 Å². The van der Waals surface area contributed by atoms with Crippen molar-refractivity contribution in [3.05, 3.63) is 117 Å². The number of allylic oxidation sites excluding steroid dienone is 11. The number of esters is 2. The van der Waals surface area contributed by atoms with Gasteiger partial charge < -0.3 is 19.9 Å². The lowest BCUT2D eigenvalue weighted by Gasteiger charge is -2.20. The van der Waals surface area contributed by atoms with E-state index in [0.29, 0.717) is 40.4 Å². The van der Waals surface area contributed by atoms with Gasteiger partial charge in [0, 0.05) is 51.9 Å². The first-order valence-electron chi connectivity index (χ1n) is 14.9. The van der Waals surface area contributed by atoms with Gasteiger partial charge in [-0.3, -0.25) is 9.59 Å². The average Bonchev–Trinajstić information content (AvgIpc) is 3.76. The Kier molecular flexibility index (Phi) is 7.43. The molecule has 8 bridgehead atoms. The second-order valence-corrected chi connectivity index (χ2v) is 11.8. The van der Waals surface area contributed by atoms with E-state index in [9.17, 15) is 14.7 Å². The fraction of sp³-hybridized carbons (Fsp3) is 0.306. The molecule has 0 amide bonds. The summed E-state index contributed by atoms with van der Waals surface area (Å²) in [5.41, 5.74) is 11.2. The number of ether oxygens (including phenoxy) is 2. The highest BCUT2D eigenvalue weighted by Gasteiger charge is 2.49. The summed E-state index contributed by atoms with van der Waals surface area (Å²) in [6.07, 6.45) is 10.1. The minimum atomic E-state index is -1.07. The molecule has 6 aliphatic rings. The maximum absolute atomic E-state index is 13.3. The third-order valence-corrected chi connectivity index (χ3v) is 9.52. The summed E-state index contributed by atoms with van der Waals surface area (Å²) >= 11 is 0. The third kappa shape index (κ3) is 4.56. The van der Waals surface area contributed by atoms with Crippen LogP contribution in [0.1, 0.15) is 40.5 Å². The van der Waals surface area contributed by atoms with Gasteiger partial charge in [0.25, 0.3) is 0 Å². The van der Waals surface area contributed by atoms with Crippen LogP contribution in [-0.2, 0) is 19.1 Å². The van der Waals surface area contributed by atoms with Crippen LogP contribution in [0.5, 0.6) is 0 Å². The molecular weight excluding hydrogens is 568 g/mol. The zero-order valence-corrected chi connectivity index (χ0v) is 26.4. The van der Waals surface area contributed by atoms with Crippen molar-refractivity contribution in [3.63, 3.8) is 0 Å². The Bertz CT molecular complexity index is 1860. The summed E-state index contributed by atoms with van der Waals surface area (Å²) in [6, 6.07) is 0. The minimum Gasteiger partial charge on any atom is -0.510 e. The molecule has 1 fully saturated rings. The van der Waals surface area contributed by atoms with Crippen LogP contribution in [0.4, 0.5) is 0 Å². The number of aliphatic imine (C=N–C) groups is 3. The van der Waals surface area contributed by atoms with Crippen LogP contribution >= 0.6 is 0 Å². The van der Waals surface area contributed by atoms with Gasteiger partial charge in [-0.25, -0.2) is 15.0 Å². The summed E-state index contributed by atoms with van der Waals surface area (Å²) in [5, 5.41) is 15.2. The Morgan fingerprint density at radius 1 is 0.933 bits per heavy atom. The van der Waals surface area contributed by atoms with Crippen molar-refractivity contribution in [3.8, 4) is 0 Å². The normalized spacial score (nSPS) is 25.2. The standard InChI is InChI=1S/C36H36N4O5/c1-9-20-16(3)23-13-25-18(5)22(11-12-29(41)44-7)33(39-25)31-32(36(43)45-8)35(42)30-19(6)26(40-34(30)31)15-28-21(10-2)17(4)24(38-28)14-27(20)37-23/h9-10,13-15,18,22,32,39,42H,1-2,11-12H2,3-8H3/t18-,22-,32+/m0/s1. The smallest absolute Gasteiger partial charge is 0.321 e. The fourth-order valence-electron chi connectivity index (χ4n) is 6.93. The van der Waals surface area contributed by atoms with Gasteiger partial charge in [-0.05, 0) is 62.1 Å². The molecule has 5 heterocycles. The Morgan fingerprint density at radius 2 is 1.56 bits per heavy atom. The van der Waals surface area contributed by atoms with Crippen LogP contribution < -0.4 is 5.32 Å². The number of hydrogen-bond acceptors (Lipinski definition) is 9. The molecule has 5 aliphatic heterocycles. The zero-order chi connectivity index (χ0) is 32.3. The maximum atomic E-state index is 13.3. The SMILES string of the molecule is C=CC1=C(C)C2=NC1=CC1=C(C)C3=C(O)[C@H](C(=O)OC)C(=C4NC(=CC5=NC(=C2)C(C=C)=C5C)[C@@H](C)[C@@H]4CCC(=O)OC)C3=N1. The number of nitrogens with one attached hydrogen (secondary N) is 1. The number of aliphatic hydroxyl groups is 1. The van der Waals surface area contributed by atoms with Gasteiger partial charge in [0.05, 0.1) is 48.4 Å². The Balaban J connectivity index is 1.66. The lowest BCUT2D eigenvalue weighted by atomic mass is 9.84. The fourth-order valence-corrected chi connectivity index (χ4v) is 6.93. The quantitative estimate of drug-likeness (QED) is 0.360. The van der Waals surface area contributed by atoms with E-state index in [1.807, 2.05) is 39.0 Å². The van der Waals surface area contributed by atoms with Crippen molar-refractivity contribution in [1.82, 2.24) is 5.32 Å². The Labute approximate surface area is 262 Å². The van der Waals surface area contributed by atoms with Crippen molar-refractivity contribution in [2.45, 2.75) is 40.5 Å². The number of fused-ring (bicyclic) bond motifs is 5. The molecule has 45 heavy (non-hydrogen) atoms. The molecule has 9 nitrogen and oxygen atoms in total. The number of methoxy groups -OCH3 is 2. The molecule has 230 valence electrons. The molecule has 9 heteroatoms. The monoisotopic (exact) mass is 604 g/mol. The van der Waals surface area contributed by atoms with E-state index in [1.165, 1.54) is 14.2 Å². The van der Waals surface area contributed by atoms with Gasteiger partial charge in [0.1, 0.15) is 11.7 Å². The first-order chi connectivity index (χ1) is 21.5. The molecule has 0 aromatic heterocycles. The molecule has 0 saturated carbocycles. The lowest BCUT2D eigenvalue weighted by Crippen LogP contribution is -2.25. The van der Waals surface area contributed by atoms with E-state index >= 15 is 0 Å². The van der Waals surface area contributed by atoms with E-state index in [4.69, 9.17) is 24.5 Å². The van der Waals surface area contributed by atoms with E-state index in [2.05, 4.69) is 25.4 Å². The molecule has 0 unspecified atom stereocenters. The largest absolute Gasteiger partial charge is 0.510 e. The maximum Gasteiger partial charge on any atom is 0.321 e. The second-order valence-electron chi connectivity index (χ2n) is 11.8. The first kappa shape index (κ1) is 30.0. The van der Waals surface area contributed by atoms with Gasteiger partial charge in [-0.15, -0.1) is 0 Å². The van der Waals surface area contributed by atoms with Crippen LogP contribution in [0.15, 0.2) is 132 Å². The molecule has 0 aromatic carbocycles. The van der Waals surface area contributed by atoms with E-state index in [1.54, 1.807) is 12.2 Å². The van der Waals surface area contributed by atoms with Crippen molar-refractivity contribution in [1.29, 1.82) is 0 Å². The van der Waals surface area contributed by atoms with Crippen molar-refractivity contribution >= 4 is 29.1 Å². The lowest BCUT2D eigenvalue weighted by molar-refractivity contribution is -0.143. The Hall–Kier alpha value is -5.05. The van der Waals surface area contributed by atoms with Gasteiger partial charge in [0.15, 0.2) is 0 Å². The summed E-state index contributed by atoms with van der Waals surface area (Å²) in [6.45, 7) is 16.1. The topological polar surface area (TPSA) is 122 Å². The molecule has 0 spiro atoms. The zero-order valence-electron chi connectivity index (χ0n) is 26.4. The van der Waals surface area contributed by atoms with Gasteiger partial charge >= 0.3 is 11.9 Å². The summed E-state index contributed by atoms with van der Waals surface area (Å²) in [7, 11) is 2.67. The summed E-state index contributed by atoms with van der Waals surface area (Å²) in [5.74, 6) is -2.41. The molecule has 3 atom stereocenters. The number of aliphatic hydroxyl groups excluding tert-OH is 1. The predicted octanol–water partition coefficient (Wildman–Crippen LogP) is 5.97. The van der Waals surface area contributed by atoms with E-state index in [0.717, 1.165) is 50.7 Å². The van der Waals surface area contributed by atoms with E-state index in [-0.39, 0.29) is 30.0 Å². The van der Waals surface area contributed by atoms with Gasteiger partial charge in [-0.2, -0.15) is 0 Å². The molecule has 0 aromatic rings. The highest BCUT2D eigenvalue weighted by molar-refractivity contribution is 6.24. The molecule has 1 saturated heterocycles. The number of rotatable bonds is 6. The van der Waals surface area contributed by atoms with Gasteiger partial charge in [0.2, 0.25) is 0 Å². The third-order valence-electron chi connectivity index (χ3n) is 9.52. The van der Waals surface area contributed by atoms with Crippen molar-refractivity contribution in [2.75, 3.05) is 14.2 Å². The minimum absolute atomic E-state index is 0.0913. The predicted molar refractivity (Wildman–Crippen MR) is 174 cm³/mol. The molecule has 0 radical (unpaired) electrons. The Morgan fingerprint density at radius 3 is 2.16 bits per heavy atom. The highest BCUT2D eigenvalue weighted by Crippen LogP contribution is 2.49.